The zero-order valence-corrected chi connectivity index (χ0v) is 11.1. The maximum absolute atomic E-state index is 11.7. The Hall–Kier alpha value is -1.39. The molecule has 0 bridgehead atoms. The van der Waals surface area contributed by atoms with Gasteiger partial charge in [-0.05, 0) is 13.3 Å². The largest absolute Gasteiger partial charge is 0.465 e. The van der Waals surface area contributed by atoms with E-state index >= 15 is 0 Å². The third-order valence-corrected chi connectivity index (χ3v) is 2.39. The van der Waals surface area contributed by atoms with Gasteiger partial charge in [0.15, 0.2) is 5.82 Å². The van der Waals surface area contributed by atoms with Gasteiger partial charge in [0, 0.05) is 5.41 Å². The summed E-state index contributed by atoms with van der Waals surface area (Å²) in [5.74, 6) is 0.184. The first-order valence-electron chi connectivity index (χ1n) is 5.90. The van der Waals surface area contributed by atoms with Crippen LogP contribution in [-0.4, -0.2) is 22.7 Å². The number of carbonyl (C=O) groups excluding carboxylic acids is 1. The summed E-state index contributed by atoms with van der Waals surface area (Å²) in [5, 5.41) is 3.90. The maximum atomic E-state index is 11.7. The van der Waals surface area contributed by atoms with Crippen LogP contribution in [0.4, 0.5) is 0 Å². The first kappa shape index (κ1) is 13.7. The smallest absolute Gasteiger partial charge is 0.318 e. The summed E-state index contributed by atoms with van der Waals surface area (Å²) in [4.78, 5) is 16.0. The summed E-state index contributed by atoms with van der Waals surface area (Å²) in [5.41, 5.74) is -0.186. The third-order valence-electron chi connectivity index (χ3n) is 2.39. The Kier molecular flexibility index (Phi) is 4.26. The van der Waals surface area contributed by atoms with E-state index in [0.717, 1.165) is 0 Å². The summed E-state index contributed by atoms with van der Waals surface area (Å²) < 4.78 is 10.1. The van der Waals surface area contributed by atoms with Gasteiger partial charge in [-0.25, -0.2) is 0 Å². The first-order valence-corrected chi connectivity index (χ1v) is 5.90. The molecule has 0 fully saturated rings. The van der Waals surface area contributed by atoms with Crippen LogP contribution in [0.2, 0.25) is 0 Å². The molecule has 1 atom stereocenters. The van der Waals surface area contributed by atoms with Crippen LogP contribution < -0.4 is 0 Å². The number of carbonyl (C=O) groups is 1. The number of hydrogen-bond acceptors (Lipinski definition) is 5. The molecule has 1 aromatic heterocycles. The molecule has 1 unspecified atom stereocenters. The minimum atomic E-state index is -0.460. The van der Waals surface area contributed by atoms with Crippen LogP contribution in [0.5, 0.6) is 0 Å². The van der Waals surface area contributed by atoms with E-state index in [1.807, 2.05) is 27.7 Å². The highest BCUT2D eigenvalue weighted by atomic mass is 16.5. The van der Waals surface area contributed by atoms with Gasteiger partial charge in [0.2, 0.25) is 5.89 Å². The summed E-state index contributed by atoms with van der Waals surface area (Å²) in [7, 11) is 0. The number of rotatable bonds is 4. The Morgan fingerprint density at radius 3 is 2.47 bits per heavy atom. The molecule has 0 aliphatic heterocycles. The van der Waals surface area contributed by atoms with Crippen molar-refractivity contribution in [3.8, 4) is 0 Å². The Labute approximate surface area is 102 Å². The Balaban J connectivity index is 2.90. The predicted molar refractivity (Wildman–Crippen MR) is 62.7 cm³/mol. The van der Waals surface area contributed by atoms with E-state index in [9.17, 15) is 4.79 Å². The van der Waals surface area contributed by atoms with Crippen LogP contribution in [0, 0.1) is 0 Å². The van der Waals surface area contributed by atoms with Gasteiger partial charge in [0.25, 0.3) is 0 Å². The highest BCUT2D eigenvalue weighted by Crippen LogP contribution is 2.24. The summed E-state index contributed by atoms with van der Waals surface area (Å²) in [6.45, 7) is 10.0. The van der Waals surface area contributed by atoms with Crippen molar-refractivity contribution in [1.29, 1.82) is 0 Å². The molecule has 5 heteroatoms. The lowest BCUT2D eigenvalue weighted by Gasteiger charge is -2.11. The molecule has 0 aliphatic rings. The minimum Gasteiger partial charge on any atom is -0.465 e. The van der Waals surface area contributed by atoms with Gasteiger partial charge in [0.05, 0.1) is 6.61 Å². The molecule has 0 N–H and O–H groups in total. The number of esters is 1. The van der Waals surface area contributed by atoms with Crippen molar-refractivity contribution in [3.05, 3.63) is 11.7 Å². The predicted octanol–water partition coefficient (Wildman–Crippen LogP) is 2.42. The molecule has 0 aliphatic carbocycles. The van der Waals surface area contributed by atoms with Crippen LogP contribution in [0.15, 0.2) is 4.52 Å². The molecule has 1 aromatic rings. The molecule has 17 heavy (non-hydrogen) atoms. The lowest BCUT2D eigenvalue weighted by atomic mass is 9.96. The molecule has 5 nitrogen and oxygen atoms in total. The SMILES string of the molecule is CCOC(=O)C(CC)c1nc(C(C)(C)C)no1. The lowest BCUT2D eigenvalue weighted by Crippen LogP contribution is -2.17. The lowest BCUT2D eigenvalue weighted by molar-refractivity contribution is -0.145. The van der Waals surface area contributed by atoms with Crippen molar-refractivity contribution >= 4 is 5.97 Å². The molecular weight excluding hydrogens is 220 g/mol. The standard InChI is InChI=1S/C12H20N2O3/c1-6-8(10(15)16-7-2)9-13-11(14-17-9)12(3,4)5/h8H,6-7H2,1-5H3. The van der Waals surface area contributed by atoms with Crippen molar-refractivity contribution in [3.63, 3.8) is 0 Å². The topological polar surface area (TPSA) is 65.2 Å². The second-order valence-electron chi connectivity index (χ2n) is 4.92. The summed E-state index contributed by atoms with van der Waals surface area (Å²) >= 11 is 0. The molecule has 0 saturated carbocycles. The molecule has 1 heterocycles. The number of hydrogen-bond donors (Lipinski definition) is 0. The van der Waals surface area contributed by atoms with Gasteiger partial charge >= 0.3 is 5.97 Å². The van der Waals surface area contributed by atoms with Gasteiger partial charge in [-0.3, -0.25) is 4.79 Å². The average Bonchev–Trinajstić information content (AvgIpc) is 2.68. The van der Waals surface area contributed by atoms with Crippen molar-refractivity contribution in [2.24, 2.45) is 0 Å². The highest BCUT2D eigenvalue weighted by molar-refractivity contribution is 5.76. The molecule has 0 radical (unpaired) electrons. The molecule has 0 amide bonds. The van der Waals surface area contributed by atoms with Crippen molar-refractivity contribution in [2.45, 2.75) is 52.4 Å². The van der Waals surface area contributed by atoms with E-state index in [0.29, 0.717) is 24.7 Å². The zero-order chi connectivity index (χ0) is 13.1. The van der Waals surface area contributed by atoms with Crippen molar-refractivity contribution in [1.82, 2.24) is 10.1 Å². The van der Waals surface area contributed by atoms with Gasteiger partial charge in [-0.2, -0.15) is 4.98 Å². The summed E-state index contributed by atoms with van der Waals surface area (Å²) in [6, 6.07) is 0. The highest BCUT2D eigenvalue weighted by Gasteiger charge is 2.29. The Morgan fingerprint density at radius 2 is 2.06 bits per heavy atom. The van der Waals surface area contributed by atoms with Gasteiger partial charge in [0.1, 0.15) is 5.92 Å². The fourth-order valence-corrected chi connectivity index (χ4v) is 1.37. The first-order chi connectivity index (χ1) is 7.90. The number of aromatic nitrogens is 2. The molecule has 1 rings (SSSR count). The van der Waals surface area contributed by atoms with Crippen molar-refractivity contribution < 1.29 is 14.1 Å². The van der Waals surface area contributed by atoms with E-state index in [1.165, 1.54) is 0 Å². The van der Waals surface area contributed by atoms with E-state index < -0.39 is 5.92 Å². The second-order valence-corrected chi connectivity index (χ2v) is 4.92. The minimum absolute atomic E-state index is 0.186. The molecule has 0 aromatic carbocycles. The average molecular weight is 240 g/mol. The third kappa shape index (κ3) is 3.28. The van der Waals surface area contributed by atoms with E-state index in [-0.39, 0.29) is 11.4 Å². The fourth-order valence-electron chi connectivity index (χ4n) is 1.37. The number of ether oxygens (including phenoxy) is 1. The van der Waals surface area contributed by atoms with Gasteiger partial charge in [-0.15, -0.1) is 0 Å². The molecular formula is C12H20N2O3. The maximum Gasteiger partial charge on any atom is 0.318 e. The molecule has 96 valence electrons. The quantitative estimate of drug-likeness (QED) is 0.756. The van der Waals surface area contributed by atoms with Gasteiger partial charge < -0.3 is 9.26 Å². The van der Waals surface area contributed by atoms with Gasteiger partial charge in [-0.1, -0.05) is 32.9 Å². The monoisotopic (exact) mass is 240 g/mol. The Morgan fingerprint density at radius 1 is 1.41 bits per heavy atom. The molecule has 0 spiro atoms. The van der Waals surface area contributed by atoms with E-state index in [1.54, 1.807) is 6.92 Å². The number of nitrogens with zero attached hydrogens (tertiary/aromatic N) is 2. The second kappa shape index (κ2) is 5.29. The molecule has 0 saturated heterocycles. The summed E-state index contributed by atoms with van der Waals surface area (Å²) in [6.07, 6.45) is 0.588. The van der Waals surface area contributed by atoms with Crippen LogP contribution >= 0.6 is 0 Å². The zero-order valence-electron chi connectivity index (χ0n) is 11.1. The van der Waals surface area contributed by atoms with Crippen LogP contribution in [-0.2, 0) is 14.9 Å². The van der Waals surface area contributed by atoms with Crippen LogP contribution in [0.1, 0.15) is 58.7 Å². The normalized spacial score (nSPS) is 13.5. The van der Waals surface area contributed by atoms with E-state index in [2.05, 4.69) is 10.1 Å². The Bertz CT molecular complexity index is 379. The van der Waals surface area contributed by atoms with E-state index in [4.69, 9.17) is 9.26 Å². The van der Waals surface area contributed by atoms with Crippen LogP contribution in [0.25, 0.3) is 0 Å². The van der Waals surface area contributed by atoms with Crippen molar-refractivity contribution in [2.75, 3.05) is 6.61 Å². The van der Waals surface area contributed by atoms with Crippen LogP contribution in [0.3, 0.4) is 0 Å². The fraction of sp³-hybridized carbons (Fsp3) is 0.750.